The van der Waals surface area contributed by atoms with Gasteiger partial charge < -0.3 is 5.32 Å². The van der Waals surface area contributed by atoms with E-state index >= 15 is 0 Å². The smallest absolute Gasteiger partial charge is 0.0736 e. The van der Waals surface area contributed by atoms with Gasteiger partial charge in [0, 0.05) is 29.5 Å². The van der Waals surface area contributed by atoms with Gasteiger partial charge in [-0.05, 0) is 24.6 Å². The van der Waals surface area contributed by atoms with Crippen molar-refractivity contribution in [3.8, 4) is 0 Å². The van der Waals surface area contributed by atoms with Gasteiger partial charge in [0.05, 0.1) is 5.71 Å². The summed E-state index contributed by atoms with van der Waals surface area (Å²) in [6.07, 6.45) is 0. The van der Waals surface area contributed by atoms with Crippen molar-refractivity contribution in [1.82, 2.24) is 0 Å². The quantitative estimate of drug-likeness (QED) is 0.657. The zero-order valence-corrected chi connectivity index (χ0v) is 13.5. The molecule has 0 radical (unpaired) electrons. The lowest BCUT2D eigenvalue weighted by Crippen LogP contribution is -2.07. The molecule has 0 heterocycles. The van der Waals surface area contributed by atoms with Gasteiger partial charge in [-0.15, -0.1) is 0 Å². The number of nitrogens with one attached hydrogen (secondary N) is 1. The first-order valence-corrected chi connectivity index (χ1v) is 7.74. The van der Waals surface area contributed by atoms with Crippen LogP contribution in [0.1, 0.15) is 16.7 Å². The molecule has 0 aliphatic heterocycles. The molecule has 0 aliphatic rings. The van der Waals surface area contributed by atoms with Crippen LogP contribution in [0.5, 0.6) is 0 Å². The average molecular weight is 300 g/mol. The Kier molecular flexibility index (Phi) is 4.53. The summed E-state index contributed by atoms with van der Waals surface area (Å²) < 4.78 is 0. The van der Waals surface area contributed by atoms with Gasteiger partial charge >= 0.3 is 0 Å². The van der Waals surface area contributed by atoms with Crippen molar-refractivity contribution >= 4 is 17.1 Å². The van der Waals surface area contributed by atoms with Gasteiger partial charge in [0.1, 0.15) is 0 Å². The van der Waals surface area contributed by atoms with Crippen molar-refractivity contribution in [2.24, 2.45) is 4.99 Å². The predicted molar refractivity (Wildman–Crippen MR) is 98.9 cm³/mol. The molecule has 23 heavy (non-hydrogen) atoms. The number of benzene rings is 3. The number of anilines is 2. The van der Waals surface area contributed by atoms with Crippen LogP contribution in [0.15, 0.2) is 83.9 Å². The minimum atomic E-state index is 0.988. The number of hydrogen-bond acceptors (Lipinski definition) is 2. The Morgan fingerprint density at radius 2 is 1.35 bits per heavy atom. The van der Waals surface area contributed by atoms with E-state index in [0.29, 0.717) is 0 Å². The summed E-state index contributed by atoms with van der Waals surface area (Å²) in [7, 11) is 1.84. The molecule has 2 heteroatoms. The molecule has 1 N–H and O–H groups in total. The summed E-state index contributed by atoms with van der Waals surface area (Å²) in [5.41, 5.74) is 6.60. The van der Waals surface area contributed by atoms with Gasteiger partial charge in [-0.1, -0.05) is 66.7 Å². The second kappa shape index (κ2) is 6.93. The molecule has 0 bridgehead atoms. The monoisotopic (exact) mass is 300 g/mol. The van der Waals surface area contributed by atoms with Crippen LogP contribution in [0.25, 0.3) is 0 Å². The molecular formula is C21H20N2. The minimum Gasteiger partial charge on any atom is -0.355 e. The van der Waals surface area contributed by atoms with Gasteiger partial charge in [-0.2, -0.15) is 0 Å². The fourth-order valence-electron chi connectivity index (χ4n) is 2.66. The first-order valence-electron chi connectivity index (χ1n) is 7.74. The van der Waals surface area contributed by atoms with Crippen molar-refractivity contribution in [3.05, 3.63) is 95.6 Å². The second-order valence-corrected chi connectivity index (χ2v) is 5.42. The Hall–Kier alpha value is -2.87. The Labute approximate surface area is 137 Å². The van der Waals surface area contributed by atoms with E-state index in [1.807, 2.05) is 43.4 Å². The molecule has 0 amide bonds. The van der Waals surface area contributed by atoms with E-state index in [9.17, 15) is 0 Å². The lowest BCUT2D eigenvalue weighted by molar-refractivity contribution is 1.39. The lowest BCUT2D eigenvalue weighted by Gasteiger charge is -2.15. The summed E-state index contributed by atoms with van der Waals surface area (Å²) in [6.45, 7) is 2.11. The van der Waals surface area contributed by atoms with E-state index in [-0.39, 0.29) is 0 Å². The predicted octanol–water partition coefficient (Wildman–Crippen LogP) is 5.21. The van der Waals surface area contributed by atoms with Gasteiger partial charge in [0.2, 0.25) is 0 Å². The normalized spacial score (nSPS) is 11.3. The fourth-order valence-corrected chi connectivity index (χ4v) is 2.66. The Morgan fingerprint density at radius 3 is 2.04 bits per heavy atom. The topological polar surface area (TPSA) is 24.4 Å². The number of aliphatic imine (C=N–C) groups is 1. The van der Waals surface area contributed by atoms with E-state index in [4.69, 9.17) is 0 Å². The molecule has 0 aliphatic carbocycles. The maximum atomic E-state index is 4.53. The Bertz CT molecular complexity index is 820. The first-order chi connectivity index (χ1) is 11.3. The highest BCUT2D eigenvalue weighted by Crippen LogP contribution is 2.25. The molecule has 2 nitrogen and oxygen atoms in total. The third-order valence-corrected chi connectivity index (χ3v) is 3.87. The van der Waals surface area contributed by atoms with Gasteiger partial charge in [0.25, 0.3) is 0 Å². The summed E-state index contributed by atoms with van der Waals surface area (Å²) in [4.78, 5) is 4.53. The summed E-state index contributed by atoms with van der Waals surface area (Å²) in [5.74, 6) is 0. The molecule has 3 aromatic carbocycles. The summed E-state index contributed by atoms with van der Waals surface area (Å²) in [5, 5.41) is 3.54. The third kappa shape index (κ3) is 3.32. The molecule has 0 fully saturated rings. The first kappa shape index (κ1) is 15.0. The molecule has 114 valence electrons. The van der Waals surface area contributed by atoms with Crippen LogP contribution in [0.2, 0.25) is 0 Å². The maximum absolute atomic E-state index is 4.53. The molecule has 0 atom stereocenters. The van der Waals surface area contributed by atoms with Gasteiger partial charge in [-0.25, -0.2) is 0 Å². The van der Waals surface area contributed by atoms with E-state index in [2.05, 4.69) is 59.7 Å². The van der Waals surface area contributed by atoms with E-state index < -0.39 is 0 Å². The summed E-state index contributed by atoms with van der Waals surface area (Å²) in [6, 6.07) is 26.9. The summed E-state index contributed by atoms with van der Waals surface area (Å²) >= 11 is 0. The molecular weight excluding hydrogens is 280 g/mol. The van der Waals surface area contributed by atoms with Crippen LogP contribution in [0.4, 0.5) is 11.4 Å². The highest BCUT2D eigenvalue weighted by atomic mass is 14.9. The van der Waals surface area contributed by atoms with E-state index in [1.165, 1.54) is 5.56 Å². The number of para-hydroxylation sites is 2. The van der Waals surface area contributed by atoms with Crippen LogP contribution >= 0.6 is 0 Å². The molecule has 3 aromatic rings. The minimum absolute atomic E-state index is 0.988. The second-order valence-electron chi connectivity index (χ2n) is 5.42. The van der Waals surface area contributed by atoms with Crippen LogP contribution in [-0.2, 0) is 0 Å². The van der Waals surface area contributed by atoms with Gasteiger partial charge in [0.15, 0.2) is 0 Å². The van der Waals surface area contributed by atoms with Crippen molar-refractivity contribution in [1.29, 1.82) is 0 Å². The van der Waals surface area contributed by atoms with Crippen molar-refractivity contribution in [2.75, 3.05) is 12.4 Å². The van der Waals surface area contributed by atoms with Crippen LogP contribution in [-0.4, -0.2) is 12.8 Å². The zero-order valence-electron chi connectivity index (χ0n) is 13.5. The number of nitrogens with zero attached hydrogens (tertiary/aromatic N) is 1. The van der Waals surface area contributed by atoms with Crippen LogP contribution in [0, 0.1) is 6.92 Å². The van der Waals surface area contributed by atoms with Gasteiger partial charge in [-0.3, -0.25) is 4.99 Å². The van der Waals surface area contributed by atoms with Crippen molar-refractivity contribution in [2.45, 2.75) is 6.92 Å². The molecule has 0 saturated carbocycles. The number of hydrogen-bond donors (Lipinski definition) is 1. The van der Waals surface area contributed by atoms with Crippen molar-refractivity contribution < 1.29 is 0 Å². The van der Waals surface area contributed by atoms with E-state index in [1.54, 1.807) is 0 Å². The highest BCUT2D eigenvalue weighted by Gasteiger charge is 2.11. The largest absolute Gasteiger partial charge is 0.355 e. The lowest BCUT2D eigenvalue weighted by atomic mass is 10.00. The average Bonchev–Trinajstić information content (AvgIpc) is 2.60. The number of aryl methyl sites for hydroxylation is 1. The highest BCUT2D eigenvalue weighted by molar-refractivity contribution is 6.16. The standard InChI is InChI=1S/C21H20N2/c1-16-10-6-8-14-19(16)23-20-15-9-7-13-18(20)21(22-2)17-11-4-3-5-12-17/h3-15,23H,1-2H3. The zero-order chi connectivity index (χ0) is 16.1. The maximum Gasteiger partial charge on any atom is 0.0736 e. The molecule has 0 saturated heterocycles. The SMILES string of the molecule is CN=C(c1ccccc1)c1ccccc1Nc1ccccc1C. The van der Waals surface area contributed by atoms with E-state index in [0.717, 1.165) is 28.2 Å². The van der Waals surface area contributed by atoms with Crippen molar-refractivity contribution in [3.63, 3.8) is 0 Å². The molecule has 0 spiro atoms. The fraction of sp³-hybridized carbons (Fsp3) is 0.0952. The number of rotatable bonds is 4. The Balaban J connectivity index is 2.03. The molecule has 3 rings (SSSR count). The Morgan fingerprint density at radius 1 is 0.739 bits per heavy atom. The van der Waals surface area contributed by atoms with Crippen LogP contribution in [0.3, 0.4) is 0 Å². The van der Waals surface area contributed by atoms with Crippen LogP contribution < -0.4 is 5.32 Å². The third-order valence-electron chi connectivity index (χ3n) is 3.87. The molecule has 0 aromatic heterocycles. The molecule has 0 unspecified atom stereocenters.